The van der Waals surface area contributed by atoms with E-state index in [1.54, 1.807) is 11.3 Å². The van der Waals surface area contributed by atoms with E-state index in [1.165, 1.54) is 15.3 Å². The Labute approximate surface area is 186 Å². The number of nitrogens with zero attached hydrogens (tertiary/aromatic N) is 3. The molecule has 0 aliphatic heterocycles. The second-order valence-electron chi connectivity index (χ2n) is 7.44. The number of aryl methyl sites for hydroxylation is 2. The molecule has 5 nitrogen and oxygen atoms in total. The maximum absolute atomic E-state index is 13.1. The zero-order chi connectivity index (χ0) is 21.5. The third-order valence-electron chi connectivity index (χ3n) is 5.06. The Balaban J connectivity index is 1.39. The van der Waals surface area contributed by atoms with Crippen LogP contribution in [-0.4, -0.2) is 27.5 Å². The molecule has 6 heteroatoms. The third kappa shape index (κ3) is 5.89. The minimum atomic E-state index is 0.0986. The van der Waals surface area contributed by atoms with Crippen molar-refractivity contribution in [3.8, 4) is 11.4 Å². The van der Waals surface area contributed by atoms with E-state index in [0.29, 0.717) is 37.6 Å². The highest BCUT2D eigenvalue weighted by Crippen LogP contribution is 2.19. The van der Waals surface area contributed by atoms with Crippen LogP contribution in [0.2, 0.25) is 0 Å². The van der Waals surface area contributed by atoms with Gasteiger partial charge in [-0.25, -0.2) is 0 Å². The lowest BCUT2D eigenvalue weighted by atomic mass is 10.1. The van der Waals surface area contributed by atoms with Crippen LogP contribution in [0, 0.1) is 6.92 Å². The molecule has 0 unspecified atom stereocenters. The van der Waals surface area contributed by atoms with Gasteiger partial charge in [-0.2, -0.15) is 4.98 Å². The minimum absolute atomic E-state index is 0.0986. The lowest BCUT2D eigenvalue weighted by molar-refractivity contribution is -0.131. The van der Waals surface area contributed by atoms with Crippen LogP contribution < -0.4 is 0 Å². The second-order valence-corrected chi connectivity index (χ2v) is 8.81. The second kappa shape index (κ2) is 10.2. The van der Waals surface area contributed by atoms with Gasteiger partial charge in [0.15, 0.2) is 0 Å². The number of carbonyl (C=O) groups excluding carboxylic acids is 1. The molecule has 0 aliphatic carbocycles. The van der Waals surface area contributed by atoms with E-state index in [9.17, 15) is 4.79 Å². The minimum Gasteiger partial charge on any atom is -0.339 e. The van der Waals surface area contributed by atoms with E-state index in [2.05, 4.69) is 41.3 Å². The van der Waals surface area contributed by atoms with E-state index in [4.69, 9.17) is 4.52 Å². The van der Waals surface area contributed by atoms with Crippen molar-refractivity contribution in [1.29, 1.82) is 0 Å². The lowest BCUT2D eigenvalue weighted by Gasteiger charge is -2.22. The molecule has 2 aromatic carbocycles. The summed E-state index contributed by atoms with van der Waals surface area (Å²) in [5.41, 5.74) is 2.13. The molecule has 0 saturated carbocycles. The average molecular weight is 432 g/mol. The molecule has 0 atom stereocenters. The van der Waals surface area contributed by atoms with Crippen LogP contribution in [0.4, 0.5) is 0 Å². The van der Waals surface area contributed by atoms with Crippen LogP contribution in [-0.2, 0) is 24.2 Å². The van der Waals surface area contributed by atoms with Gasteiger partial charge in [-0.3, -0.25) is 4.79 Å². The van der Waals surface area contributed by atoms with Gasteiger partial charge in [-0.1, -0.05) is 65.8 Å². The molecule has 0 spiro atoms. The Kier molecular flexibility index (Phi) is 6.89. The molecule has 4 aromatic rings. The van der Waals surface area contributed by atoms with Crippen LogP contribution in [0.5, 0.6) is 0 Å². The summed E-state index contributed by atoms with van der Waals surface area (Å²) in [6.45, 7) is 3.40. The smallest absolute Gasteiger partial charge is 0.227 e. The Morgan fingerprint density at radius 1 is 0.968 bits per heavy atom. The maximum atomic E-state index is 13.1. The molecule has 0 radical (unpaired) electrons. The number of carbonyl (C=O) groups is 1. The number of hydrogen-bond donors (Lipinski definition) is 0. The first-order valence-electron chi connectivity index (χ1n) is 10.4. The molecular formula is C25H25N3O2S. The largest absolute Gasteiger partial charge is 0.339 e. The molecule has 0 aliphatic rings. The summed E-state index contributed by atoms with van der Waals surface area (Å²) in [4.78, 5) is 21.9. The highest BCUT2D eigenvalue weighted by Gasteiger charge is 2.17. The molecular weight excluding hydrogens is 406 g/mol. The van der Waals surface area contributed by atoms with Gasteiger partial charge < -0.3 is 9.42 Å². The van der Waals surface area contributed by atoms with Gasteiger partial charge in [0, 0.05) is 34.7 Å². The van der Waals surface area contributed by atoms with Crippen LogP contribution >= 0.6 is 11.3 Å². The average Bonchev–Trinajstić information content (AvgIpc) is 3.45. The molecule has 31 heavy (non-hydrogen) atoms. The van der Waals surface area contributed by atoms with Gasteiger partial charge in [0.1, 0.15) is 0 Å². The quantitative estimate of drug-likeness (QED) is 0.360. The van der Waals surface area contributed by atoms with Gasteiger partial charge >= 0.3 is 0 Å². The Bertz CT molecular complexity index is 1110. The number of hydrogen-bond acceptors (Lipinski definition) is 5. The zero-order valence-corrected chi connectivity index (χ0v) is 18.3. The summed E-state index contributed by atoms with van der Waals surface area (Å²) in [6.07, 6.45) is 1.61. The first-order valence-corrected chi connectivity index (χ1v) is 11.2. The Morgan fingerprint density at radius 3 is 2.42 bits per heavy atom. The maximum Gasteiger partial charge on any atom is 0.227 e. The van der Waals surface area contributed by atoms with E-state index in [1.807, 2.05) is 53.4 Å². The van der Waals surface area contributed by atoms with Gasteiger partial charge in [-0.05, 0) is 31.0 Å². The van der Waals surface area contributed by atoms with Crippen LogP contribution in [0.3, 0.4) is 0 Å². The van der Waals surface area contributed by atoms with Gasteiger partial charge in [0.2, 0.25) is 17.6 Å². The van der Waals surface area contributed by atoms with Gasteiger partial charge in [0.05, 0.1) is 6.54 Å². The highest BCUT2D eigenvalue weighted by atomic mass is 32.1. The first-order chi connectivity index (χ1) is 15.2. The number of benzene rings is 2. The summed E-state index contributed by atoms with van der Waals surface area (Å²) >= 11 is 1.74. The van der Waals surface area contributed by atoms with Crippen molar-refractivity contribution in [3.05, 3.63) is 94.0 Å². The summed E-state index contributed by atoms with van der Waals surface area (Å²) < 4.78 is 5.37. The monoisotopic (exact) mass is 431 g/mol. The highest BCUT2D eigenvalue weighted by molar-refractivity contribution is 7.11. The fourth-order valence-electron chi connectivity index (χ4n) is 3.39. The zero-order valence-electron chi connectivity index (χ0n) is 17.5. The van der Waals surface area contributed by atoms with Crippen molar-refractivity contribution >= 4 is 17.2 Å². The number of aromatic nitrogens is 2. The van der Waals surface area contributed by atoms with Crippen molar-refractivity contribution in [2.75, 3.05) is 6.54 Å². The third-order valence-corrected chi connectivity index (χ3v) is 6.05. The van der Waals surface area contributed by atoms with E-state index < -0.39 is 0 Å². The fraction of sp³-hybridized carbons (Fsp3) is 0.240. The number of rotatable bonds is 9. The predicted molar refractivity (Wildman–Crippen MR) is 123 cm³/mol. The van der Waals surface area contributed by atoms with Crippen LogP contribution in [0.25, 0.3) is 11.4 Å². The molecule has 4 rings (SSSR count). The molecule has 0 bridgehead atoms. The number of amides is 1. The van der Waals surface area contributed by atoms with Crippen LogP contribution in [0.15, 0.2) is 77.3 Å². The fourth-order valence-corrected chi connectivity index (χ4v) is 4.30. The van der Waals surface area contributed by atoms with Crippen molar-refractivity contribution in [2.24, 2.45) is 0 Å². The molecule has 0 fully saturated rings. The summed E-state index contributed by atoms with van der Waals surface area (Å²) in [7, 11) is 0. The Morgan fingerprint density at radius 2 is 1.71 bits per heavy atom. The predicted octanol–water partition coefficient (Wildman–Crippen LogP) is 5.31. The molecule has 158 valence electrons. The van der Waals surface area contributed by atoms with Crippen molar-refractivity contribution in [3.63, 3.8) is 0 Å². The number of thiophene rings is 1. The van der Waals surface area contributed by atoms with Crippen molar-refractivity contribution in [2.45, 2.75) is 32.7 Å². The van der Waals surface area contributed by atoms with E-state index in [0.717, 1.165) is 12.0 Å². The lowest BCUT2D eigenvalue weighted by Crippen LogP contribution is -2.32. The normalized spacial score (nSPS) is 10.9. The van der Waals surface area contributed by atoms with Crippen molar-refractivity contribution < 1.29 is 9.32 Å². The first kappa shape index (κ1) is 21.0. The van der Waals surface area contributed by atoms with Gasteiger partial charge in [-0.15, -0.1) is 11.3 Å². The SMILES string of the molecule is Cc1ccc(CN(CCc2ccccc2)C(=O)CCc2nc(-c3ccccc3)no2)s1. The van der Waals surface area contributed by atoms with E-state index >= 15 is 0 Å². The topological polar surface area (TPSA) is 59.2 Å². The van der Waals surface area contributed by atoms with Gasteiger partial charge in [0.25, 0.3) is 0 Å². The molecule has 0 saturated heterocycles. The molecule has 2 aromatic heterocycles. The Hall–Kier alpha value is -3.25. The van der Waals surface area contributed by atoms with E-state index in [-0.39, 0.29) is 5.91 Å². The molecule has 1 amide bonds. The summed E-state index contributed by atoms with van der Waals surface area (Å²) in [6, 6.07) is 24.2. The van der Waals surface area contributed by atoms with Crippen molar-refractivity contribution in [1.82, 2.24) is 15.0 Å². The van der Waals surface area contributed by atoms with Crippen LogP contribution in [0.1, 0.15) is 27.6 Å². The summed E-state index contributed by atoms with van der Waals surface area (Å²) in [5.74, 6) is 1.14. The molecule has 0 N–H and O–H groups in total. The summed E-state index contributed by atoms with van der Waals surface area (Å²) in [5, 5.41) is 4.05. The standard InChI is InChI=1S/C25H25N3O2S/c1-19-12-13-22(31-19)18-28(17-16-20-8-4-2-5-9-20)24(29)15-14-23-26-25(27-30-23)21-10-6-3-7-11-21/h2-13H,14-18H2,1H3. The molecule has 2 heterocycles.